The van der Waals surface area contributed by atoms with E-state index in [0.717, 1.165) is 18.4 Å². The molecule has 1 aromatic rings. The van der Waals surface area contributed by atoms with Crippen molar-refractivity contribution < 1.29 is 0 Å². The monoisotopic (exact) mass is 287 g/mol. The fraction of sp³-hybridized carbons (Fsp3) is 0.700. The van der Waals surface area contributed by atoms with Gasteiger partial charge in [0.1, 0.15) is 0 Å². The molecule has 1 saturated carbocycles. The van der Waals surface area contributed by atoms with Gasteiger partial charge in [-0.15, -0.1) is 0 Å². The Kier molecular flexibility index (Phi) is 6.29. The van der Waals surface area contributed by atoms with E-state index in [1.165, 1.54) is 49.7 Å². The Hall–Kier alpha value is -0.820. The van der Waals surface area contributed by atoms with Gasteiger partial charge in [0.2, 0.25) is 0 Å². The zero-order chi connectivity index (χ0) is 15.2. The lowest BCUT2D eigenvalue weighted by Gasteiger charge is -2.35. The third-order valence-electron chi connectivity index (χ3n) is 5.54. The third-order valence-corrected chi connectivity index (χ3v) is 5.54. The topological polar surface area (TPSA) is 12.0 Å². The van der Waals surface area contributed by atoms with Gasteiger partial charge in [0.05, 0.1) is 0 Å². The number of nitrogens with one attached hydrogen (secondary N) is 1. The molecule has 1 fully saturated rings. The van der Waals surface area contributed by atoms with Gasteiger partial charge in [0.25, 0.3) is 0 Å². The minimum absolute atomic E-state index is 0.558. The zero-order valence-corrected chi connectivity index (χ0v) is 14.4. The zero-order valence-electron chi connectivity index (χ0n) is 14.4. The number of benzene rings is 1. The largest absolute Gasteiger partial charge is 0.310 e. The molecule has 0 radical (unpaired) electrons. The molecule has 1 nitrogen and oxygen atoms in total. The van der Waals surface area contributed by atoms with Crippen LogP contribution in [0.1, 0.15) is 75.1 Å². The minimum atomic E-state index is 0.558. The van der Waals surface area contributed by atoms with E-state index >= 15 is 0 Å². The summed E-state index contributed by atoms with van der Waals surface area (Å²) >= 11 is 0. The van der Waals surface area contributed by atoms with Gasteiger partial charge in [-0.1, -0.05) is 51.3 Å². The number of hydrogen-bond acceptors (Lipinski definition) is 1. The molecule has 1 aliphatic rings. The molecule has 2 rings (SSSR count). The van der Waals surface area contributed by atoms with Crippen molar-refractivity contribution >= 4 is 0 Å². The van der Waals surface area contributed by atoms with E-state index < -0.39 is 0 Å². The van der Waals surface area contributed by atoms with E-state index in [1.807, 2.05) is 0 Å². The van der Waals surface area contributed by atoms with E-state index in [9.17, 15) is 0 Å². The van der Waals surface area contributed by atoms with Crippen LogP contribution in [0.2, 0.25) is 0 Å². The van der Waals surface area contributed by atoms with Crippen molar-refractivity contribution in [2.75, 3.05) is 6.54 Å². The molecule has 0 bridgehead atoms. The molecule has 1 atom stereocenters. The van der Waals surface area contributed by atoms with Crippen LogP contribution in [-0.4, -0.2) is 6.54 Å². The summed E-state index contributed by atoms with van der Waals surface area (Å²) in [7, 11) is 0. The van der Waals surface area contributed by atoms with Crippen molar-refractivity contribution in [3.63, 3.8) is 0 Å². The van der Waals surface area contributed by atoms with Gasteiger partial charge in [-0.05, 0) is 68.2 Å². The second kappa shape index (κ2) is 7.98. The number of hydrogen-bond donors (Lipinski definition) is 1. The highest BCUT2D eigenvalue weighted by Crippen LogP contribution is 2.39. The normalized spacial score (nSPS) is 24.0. The molecule has 118 valence electrons. The van der Waals surface area contributed by atoms with Crippen LogP contribution in [-0.2, 0) is 0 Å². The van der Waals surface area contributed by atoms with Crippen LogP contribution in [0.4, 0.5) is 0 Å². The van der Waals surface area contributed by atoms with Gasteiger partial charge < -0.3 is 5.32 Å². The second-order valence-electron chi connectivity index (χ2n) is 6.91. The fourth-order valence-corrected chi connectivity index (χ4v) is 3.87. The first kappa shape index (κ1) is 16.5. The summed E-state index contributed by atoms with van der Waals surface area (Å²) < 4.78 is 0. The molecule has 0 saturated heterocycles. The molecular formula is C20H33N. The van der Waals surface area contributed by atoms with E-state index in [1.54, 1.807) is 5.56 Å². The van der Waals surface area contributed by atoms with Crippen LogP contribution in [0, 0.1) is 25.7 Å². The summed E-state index contributed by atoms with van der Waals surface area (Å²) in [5.74, 6) is 1.80. The maximum absolute atomic E-state index is 3.86. The summed E-state index contributed by atoms with van der Waals surface area (Å²) in [4.78, 5) is 0. The summed E-state index contributed by atoms with van der Waals surface area (Å²) in [6.45, 7) is 10.3. The summed E-state index contributed by atoms with van der Waals surface area (Å²) in [5.41, 5.74) is 4.46. The highest BCUT2D eigenvalue weighted by molar-refractivity contribution is 5.35. The molecule has 0 aliphatic heterocycles. The van der Waals surface area contributed by atoms with Gasteiger partial charge in [-0.2, -0.15) is 0 Å². The third kappa shape index (κ3) is 4.10. The minimum Gasteiger partial charge on any atom is -0.310 e. The first-order valence-electron chi connectivity index (χ1n) is 8.96. The first-order valence-corrected chi connectivity index (χ1v) is 8.96. The van der Waals surface area contributed by atoms with E-state index in [4.69, 9.17) is 0 Å². The van der Waals surface area contributed by atoms with Gasteiger partial charge in [0, 0.05) is 6.04 Å². The molecule has 0 spiro atoms. The van der Waals surface area contributed by atoms with Crippen LogP contribution in [0.5, 0.6) is 0 Å². The lowest BCUT2D eigenvalue weighted by molar-refractivity contribution is 0.218. The molecule has 1 heteroatoms. The van der Waals surface area contributed by atoms with E-state index in [-0.39, 0.29) is 0 Å². The van der Waals surface area contributed by atoms with Crippen LogP contribution < -0.4 is 5.32 Å². The molecule has 1 aliphatic carbocycles. The fourth-order valence-electron chi connectivity index (χ4n) is 3.87. The van der Waals surface area contributed by atoms with E-state index in [2.05, 4.69) is 51.2 Å². The molecule has 1 aromatic carbocycles. The molecule has 0 heterocycles. The lowest BCUT2D eigenvalue weighted by atomic mass is 9.75. The van der Waals surface area contributed by atoms with Crippen molar-refractivity contribution in [3.05, 3.63) is 34.9 Å². The molecule has 1 unspecified atom stereocenters. The summed E-state index contributed by atoms with van der Waals surface area (Å²) in [6.07, 6.45) is 8.22. The number of aryl methyl sites for hydroxylation is 1. The average Bonchev–Trinajstić information content (AvgIpc) is 2.52. The highest BCUT2D eigenvalue weighted by Gasteiger charge is 2.28. The van der Waals surface area contributed by atoms with Crippen molar-refractivity contribution in [2.24, 2.45) is 11.8 Å². The first-order chi connectivity index (χ1) is 10.2. The Labute approximate surface area is 131 Å². The summed E-state index contributed by atoms with van der Waals surface area (Å²) in [6, 6.07) is 7.38. The second-order valence-corrected chi connectivity index (χ2v) is 6.91. The highest BCUT2D eigenvalue weighted by atomic mass is 14.9. The molecule has 21 heavy (non-hydrogen) atoms. The molecule has 0 aromatic heterocycles. The Morgan fingerprint density at radius 2 is 1.81 bits per heavy atom. The number of rotatable bonds is 6. The SMILES string of the molecule is CCCNC(c1cccc(C)c1C)C1CCC(CC)CC1. The van der Waals surface area contributed by atoms with Crippen LogP contribution in [0.15, 0.2) is 18.2 Å². The molecular weight excluding hydrogens is 254 g/mol. The Balaban J connectivity index is 2.16. The lowest BCUT2D eigenvalue weighted by Crippen LogP contribution is -2.32. The Morgan fingerprint density at radius 3 is 2.43 bits per heavy atom. The maximum Gasteiger partial charge on any atom is 0.0351 e. The maximum atomic E-state index is 3.86. The Morgan fingerprint density at radius 1 is 1.10 bits per heavy atom. The predicted octanol–water partition coefficient (Wildman–Crippen LogP) is 5.56. The van der Waals surface area contributed by atoms with Crippen molar-refractivity contribution in [1.29, 1.82) is 0 Å². The van der Waals surface area contributed by atoms with Crippen molar-refractivity contribution in [1.82, 2.24) is 5.32 Å². The Bertz CT molecular complexity index is 429. The smallest absolute Gasteiger partial charge is 0.0351 e. The van der Waals surface area contributed by atoms with E-state index in [0.29, 0.717) is 6.04 Å². The van der Waals surface area contributed by atoms with Crippen molar-refractivity contribution in [2.45, 2.75) is 72.3 Å². The molecule has 1 N–H and O–H groups in total. The van der Waals surface area contributed by atoms with Crippen LogP contribution in [0.25, 0.3) is 0 Å². The predicted molar refractivity (Wildman–Crippen MR) is 92.7 cm³/mol. The van der Waals surface area contributed by atoms with Crippen LogP contribution in [0.3, 0.4) is 0 Å². The van der Waals surface area contributed by atoms with Gasteiger partial charge in [-0.3, -0.25) is 0 Å². The van der Waals surface area contributed by atoms with Gasteiger partial charge in [0.15, 0.2) is 0 Å². The standard InChI is InChI=1S/C20H33N/c1-5-14-21-20(18-12-10-17(6-2)11-13-18)19-9-7-8-15(3)16(19)4/h7-9,17-18,20-21H,5-6,10-14H2,1-4H3. The summed E-state index contributed by atoms with van der Waals surface area (Å²) in [5, 5.41) is 3.86. The van der Waals surface area contributed by atoms with Gasteiger partial charge in [-0.25, -0.2) is 0 Å². The quantitative estimate of drug-likeness (QED) is 0.722. The van der Waals surface area contributed by atoms with Crippen molar-refractivity contribution in [3.8, 4) is 0 Å². The van der Waals surface area contributed by atoms with Gasteiger partial charge >= 0.3 is 0 Å². The van der Waals surface area contributed by atoms with Crippen LogP contribution >= 0.6 is 0 Å². The molecule has 0 amide bonds. The average molecular weight is 287 g/mol.